The van der Waals surface area contributed by atoms with Crippen molar-refractivity contribution >= 4 is 17.0 Å². The molecule has 0 amide bonds. The molecule has 0 bridgehead atoms. The summed E-state index contributed by atoms with van der Waals surface area (Å²) in [4.78, 5) is 11.4. The number of likely N-dealkylation sites (N-methyl/N-ethyl adjacent to an activating group) is 1. The Morgan fingerprint density at radius 3 is 2.95 bits per heavy atom. The van der Waals surface area contributed by atoms with Crippen molar-refractivity contribution in [2.75, 3.05) is 46.4 Å². The predicted molar refractivity (Wildman–Crippen MR) is 89.7 cm³/mol. The summed E-state index contributed by atoms with van der Waals surface area (Å²) in [5, 5.41) is 16.5. The van der Waals surface area contributed by atoms with Crippen LogP contribution in [0.1, 0.15) is 23.3 Å². The largest absolute Gasteiger partial charge is 0.393 e. The maximum atomic E-state index is 10.1. The maximum absolute atomic E-state index is 10.1. The molecule has 1 unspecified atom stereocenters. The molecule has 1 aromatic heterocycles. The first-order chi connectivity index (χ1) is 10.7. The third kappa shape index (κ3) is 4.07. The van der Waals surface area contributed by atoms with Crippen LogP contribution in [-0.2, 0) is 11.3 Å². The molecule has 22 heavy (non-hydrogen) atoms. The van der Waals surface area contributed by atoms with E-state index in [2.05, 4.69) is 33.4 Å². The van der Waals surface area contributed by atoms with Crippen LogP contribution in [-0.4, -0.2) is 73.1 Å². The summed E-state index contributed by atoms with van der Waals surface area (Å²) in [5.41, 5.74) is 2.28. The van der Waals surface area contributed by atoms with Crippen LogP contribution in [0.3, 0.4) is 0 Å². The molecule has 2 aliphatic rings. The monoisotopic (exact) mass is 323 g/mol. The number of fused-ring (bicyclic) bond motifs is 1. The first kappa shape index (κ1) is 15.9. The number of oxime groups is 1. The Morgan fingerprint density at radius 2 is 2.14 bits per heavy atom. The topological polar surface area (TPSA) is 48.3 Å². The second kappa shape index (κ2) is 7.55. The molecule has 1 aromatic rings. The van der Waals surface area contributed by atoms with Gasteiger partial charge in [-0.3, -0.25) is 4.90 Å². The van der Waals surface area contributed by atoms with Gasteiger partial charge in [-0.15, -0.1) is 11.3 Å². The molecule has 122 valence electrons. The Kier molecular flexibility index (Phi) is 5.46. The fourth-order valence-corrected chi connectivity index (χ4v) is 3.96. The molecule has 1 fully saturated rings. The highest BCUT2D eigenvalue weighted by molar-refractivity contribution is 7.10. The highest BCUT2D eigenvalue weighted by Crippen LogP contribution is 2.26. The van der Waals surface area contributed by atoms with E-state index in [0.29, 0.717) is 6.54 Å². The van der Waals surface area contributed by atoms with Gasteiger partial charge in [0.05, 0.1) is 5.71 Å². The summed E-state index contributed by atoms with van der Waals surface area (Å²) in [6.45, 7) is 5.10. The van der Waals surface area contributed by atoms with Crippen LogP contribution < -0.4 is 0 Å². The highest BCUT2D eigenvalue weighted by atomic mass is 32.1. The zero-order valence-electron chi connectivity index (χ0n) is 13.2. The SMILES string of the molecule is CN1CCN(CC(O)CO/N=C2\CCCc3sccc32)CC1. The van der Waals surface area contributed by atoms with Crippen molar-refractivity contribution in [1.82, 2.24) is 9.80 Å². The average Bonchev–Trinajstić information content (AvgIpc) is 2.99. The second-order valence-electron chi connectivity index (χ2n) is 6.20. The molecule has 1 aliphatic heterocycles. The van der Waals surface area contributed by atoms with Crippen molar-refractivity contribution < 1.29 is 9.94 Å². The van der Waals surface area contributed by atoms with Crippen molar-refractivity contribution in [1.29, 1.82) is 0 Å². The van der Waals surface area contributed by atoms with Crippen LogP contribution in [0.15, 0.2) is 16.6 Å². The van der Waals surface area contributed by atoms with Gasteiger partial charge in [0, 0.05) is 43.2 Å². The summed E-state index contributed by atoms with van der Waals surface area (Å²) < 4.78 is 0. The normalized spacial score (nSPS) is 23.5. The molecular weight excluding hydrogens is 298 g/mol. The van der Waals surface area contributed by atoms with Gasteiger partial charge in [0.2, 0.25) is 0 Å². The van der Waals surface area contributed by atoms with Crippen molar-refractivity contribution in [3.05, 3.63) is 21.9 Å². The lowest BCUT2D eigenvalue weighted by Gasteiger charge is -2.33. The van der Waals surface area contributed by atoms with Crippen molar-refractivity contribution in [2.45, 2.75) is 25.4 Å². The fraction of sp³-hybridized carbons (Fsp3) is 0.688. The van der Waals surface area contributed by atoms with Crippen LogP contribution in [0, 0.1) is 0 Å². The first-order valence-corrected chi connectivity index (χ1v) is 8.95. The zero-order chi connectivity index (χ0) is 15.4. The van der Waals surface area contributed by atoms with E-state index in [-0.39, 0.29) is 6.61 Å². The molecule has 1 aliphatic carbocycles. The molecule has 5 nitrogen and oxygen atoms in total. The van der Waals surface area contributed by atoms with Crippen molar-refractivity contribution in [3.63, 3.8) is 0 Å². The van der Waals surface area contributed by atoms with Gasteiger partial charge in [-0.2, -0.15) is 0 Å². The van der Waals surface area contributed by atoms with Crippen LogP contribution in [0.4, 0.5) is 0 Å². The first-order valence-electron chi connectivity index (χ1n) is 8.07. The van der Waals surface area contributed by atoms with E-state index in [9.17, 15) is 5.11 Å². The number of aliphatic hydroxyl groups excluding tert-OH is 1. The molecule has 1 N–H and O–H groups in total. The molecule has 0 radical (unpaired) electrons. The lowest BCUT2D eigenvalue weighted by atomic mass is 9.97. The van der Waals surface area contributed by atoms with Gasteiger partial charge in [-0.05, 0) is 37.8 Å². The van der Waals surface area contributed by atoms with Crippen LogP contribution >= 0.6 is 11.3 Å². The minimum absolute atomic E-state index is 0.273. The molecular formula is C16H25N3O2S. The quantitative estimate of drug-likeness (QED) is 0.833. The van der Waals surface area contributed by atoms with Gasteiger partial charge < -0.3 is 14.8 Å². The van der Waals surface area contributed by atoms with Gasteiger partial charge in [0.25, 0.3) is 0 Å². The number of aryl methyl sites for hydroxylation is 1. The van der Waals surface area contributed by atoms with E-state index in [1.807, 2.05) is 0 Å². The third-order valence-corrected chi connectivity index (χ3v) is 5.36. The number of nitrogens with zero attached hydrogens (tertiary/aromatic N) is 3. The number of hydrogen-bond donors (Lipinski definition) is 1. The van der Waals surface area contributed by atoms with Gasteiger partial charge in [0.15, 0.2) is 0 Å². The molecule has 6 heteroatoms. The van der Waals surface area contributed by atoms with E-state index < -0.39 is 6.10 Å². The number of thiophene rings is 1. The summed E-state index contributed by atoms with van der Waals surface area (Å²) in [7, 11) is 2.13. The fourth-order valence-electron chi connectivity index (χ4n) is 3.02. The molecule has 2 heterocycles. The van der Waals surface area contributed by atoms with Crippen molar-refractivity contribution in [3.8, 4) is 0 Å². The van der Waals surface area contributed by atoms with E-state index in [1.165, 1.54) is 10.4 Å². The molecule has 3 rings (SSSR count). The van der Waals surface area contributed by atoms with Gasteiger partial charge in [-0.25, -0.2) is 0 Å². The summed E-state index contributed by atoms with van der Waals surface area (Å²) in [6, 6.07) is 2.13. The number of piperazine rings is 1. The van der Waals surface area contributed by atoms with E-state index in [4.69, 9.17) is 4.84 Å². The summed E-state index contributed by atoms with van der Waals surface area (Å²) >= 11 is 1.80. The van der Waals surface area contributed by atoms with E-state index in [0.717, 1.165) is 51.2 Å². The Bertz CT molecular complexity index is 509. The number of rotatable bonds is 5. The van der Waals surface area contributed by atoms with Gasteiger partial charge >= 0.3 is 0 Å². The van der Waals surface area contributed by atoms with Crippen LogP contribution in [0.2, 0.25) is 0 Å². The molecule has 1 saturated heterocycles. The molecule has 0 saturated carbocycles. The Morgan fingerprint density at radius 1 is 1.32 bits per heavy atom. The number of β-amino-alcohol motifs (C(OH)–C–C–N with tert-alkyl or cyclic N) is 1. The Labute approximate surface area is 136 Å². The Hall–Kier alpha value is -0.950. The van der Waals surface area contributed by atoms with E-state index in [1.54, 1.807) is 11.3 Å². The average molecular weight is 323 g/mol. The minimum Gasteiger partial charge on any atom is -0.393 e. The summed E-state index contributed by atoms with van der Waals surface area (Å²) in [6.07, 6.45) is 2.79. The highest BCUT2D eigenvalue weighted by Gasteiger charge is 2.19. The number of aliphatic hydroxyl groups is 1. The predicted octanol–water partition coefficient (Wildman–Crippen LogP) is 1.41. The molecule has 0 spiro atoms. The smallest absolute Gasteiger partial charge is 0.144 e. The lowest BCUT2D eigenvalue weighted by Crippen LogP contribution is -2.47. The van der Waals surface area contributed by atoms with Gasteiger partial charge in [0.1, 0.15) is 12.7 Å². The van der Waals surface area contributed by atoms with Crippen LogP contribution in [0.5, 0.6) is 0 Å². The Balaban J connectivity index is 1.44. The zero-order valence-corrected chi connectivity index (χ0v) is 14.0. The lowest BCUT2D eigenvalue weighted by molar-refractivity contribution is 0.0107. The molecule has 0 aromatic carbocycles. The standard InChI is InChI=1S/C16H25N3O2S/c1-18-6-8-19(9-7-18)11-13(20)12-21-17-15-3-2-4-16-14(15)5-10-22-16/h5,10,13,20H,2-4,6-9,11-12H2,1H3/b17-15+. The van der Waals surface area contributed by atoms with Gasteiger partial charge in [-0.1, -0.05) is 5.16 Å². The number of hydrogen-bond acceptors (Lipinski definition) is 6. The third-order valence-electron chi connectivity index (χ3n) is 4.38. The summed E-state index contributed by atoms with van der Waals surface area (Å²) in [5.74, 6) is 0. The van der Waals surface area contributed by atoms with E-state index >= 15 is 0 Å². The maximum Gasteiger partial charge on any atom is 0.144 e. The second-order valence-corrected chi connectivity index (χ2v) is 7.20. The van der Waals surface area contributed by atoms with Crippen LogP contribution in [0.25, 0.3) is 0 Å². The minimum atomic E-state index is -0.474. The molecule has 1 atom stereocenters. The van der Waals surface area contributed by atoms with Crippen molar-refractivity contribution in [2.24, 2.45) is 5.16 Å².